The normalized spacial score (nSPS) is 20.6. The Kier molecular flexibility index (Phi) is 6.42. The Morgan fingerprint density at radius 1 is 1.04 bits per heavy atom. The van der Waals surface area contributed by atoms with Gasteiger partial charge in [-0.1, -0.05) is 12.8 Å². The van der Waals surface area contributed by atoms with Crippen LogP contribution in [0.4, 0.5) is 4.39 Å². The fraction of sp³-hybridized carbons (Fsp3) is 0.550. The summed E-state index contributed by atoms with van der Waals surface area (Å²) >= 11 is 0. The first-order valence-electron chi connectivity index (χ1n) is 9.65. The Hall–Kier alpha value is -2.44. The molecule has 0 radical (unpaired) electrons. The van der Waals surface area contributed by atoms with E-state index in [4.69, 9.17) is 0 Å². The van der Waals surface area contributed by atoms with E-state index in [-0.39, 0.29) is 23.6 Å². The van der Waals surface area contributed by atoms with Crippen LogP contribution in [-0.2, 0) is 9.59 Å². The van der Waals surface area contributed by atoms with Gasteiger partial charge < -0.3 is 15.5 Å². The molecule has 27 heavy (non-hydrogen) atoms. The van der Waals surface area contributed by atoms with Crippen LogP contribution in [0.15, 0.2) is 24.3 Å². The molecule has 146 valence electrons. The summed E-state index contributed by atoms with van der Waals surface area (Å²) in [6.07, 6.45) is 5.38. The predicted octanol–water partition coefficient (Wildman–Crippen LogP) is 1.85. The Bertz CT molecular complexity index is 686. The van der Waals surface area contributed by atoms with Gasteiger partial charge >= 0.3 is 0 Å². The second-order valence-electron chi connectivity index (χ2n) is 7.27. The predicted molar refractivity (Wildman–Crippen MR) is 98.4 cm³/mol. The first-order chi connectivity index (χ1) is 13.0. The summed E-state index contributed by atoms with van der Waals surface area (Å²) in [5, 5.41) is 5.54. The molecule has 3 amide bonds. The molecule has 1 atom stereocenters. The zero-order valence-corrected chi connectivity index (χ0v) is 15.4. The van der Waals surface area contributed by atoms with Crippen molar-refractivity contribution in [2.24, 2.45) is 5.92 Å². The lowest BCUT2D eigenvalue weighted by Gasteiger charge is -2.36. The number of halogens is 1. The Morgan fingerprint density at radius 2 is 1.70 bits per heavy atom. The molecule has 6 nitrogen and oxygen atoms in total. The van der Waals surface area contributed by atoms with Crippen LogP contribution >= 0.6 is 0 Å². The fourth-order valence-electron chi connectivity index (χ4n) is 3.86. The largest absolute Gasteiger partial charge is 0.354 e. The third kappa shape index (κ3) is 5.05. The molecular weight excluding hydrogens is 349 g/mol. The van der Waals surface area contributed by atoms with Crippen LogP contribution < -0.4 is 10.6 Å². The van der Waals surface area contributed by atoms with Crippen LogP contribution in [0.2, 0.25) is 0 Å². The van der Waals surface area contributed by atoms with Crippen molar-refractivity contribution in [1.82, 2.24) is 15.5 Å². The zero-order valence-electron chi connectivity index (χ0n) is 15.4. The van der Waals surface area contributed by atoms with Crippen molar-refractivity contribution < 1.29 is 18.8 Å². The number of hydrogen-bond donors (Lipinski definition) is 2. The van der Waals surface area contributed by atoms with E-state index in [1.54, 1.807) is 0 Å². The third-order valence-corrected chi connectivity index (χ3v) is 5.40. The maximum Gasteiger partial charge on any atom is 0.251 e. The molecule has 0 aromatic heterocycles. The molecule has 0 unspecified atom stereocenters. The van der Waals surface area contributed by atoms with Crippen molar-refractivity contribution in [3.8, 4) is 0 Å². The number of likely N-dealkylation sites (tertiary alicyclic amines) is 1. The van der Waals surface area contributed by atoms with E-state index in [9.17, 15) is 18.8 Å². The minimum absolute atomic E-state index is 0.0680. The van der Waals surface area contributed by atoms with Crippen molar-refractivity contribution in [3.63, 3.8) is 0 Å². The van der Waals surface area contributed by atoms with Gasteiger partial charge in [0, 0.05) is 37.7 Å². The SMILES string of the molecule is O=C(NCCNC(=O)[C@@H]1CCC(=O)N(C2CCCC2)C1)c1ccc(F)cc1. The molecule has 1 aromatic carbocycles. The average Bonchev–Trinajstić information content (AvgIpc) is 3.20. The smallest absolute Gasteiger partial charge is 0.251 e. The maximum atomic E-state index is 12.9. The van der Waals surface area contributed by atoms with Crippen LogP contribution in [-0.4, -0.2) is 48.3 Å². The Balaban J connectivity index is 1.40. The molecule has 1 aliphatic heterocycles. The molecule has 0 spiro atoms. The fourth-order valence-corrected chi connectivity index (χ4v) is 3.86. The van der Waals surface area contributed by atoms with Crippen molar-refractivity contribution in [1.29, 1.82) is 0 Å². The minimum Gasteiger partial charge on any atom is -0.354 e. The second kappa shape index (κ2) is 8.97. The van der Waals surface area contributed by atoms with E-state index < -0.39 is 5.82 Å². The van der Waals surface area contributed by atoms with Gasteiger partial charge in [0.1, 0.15) is 5.82 Å². The molecule has 1 aliphatic carbocycles. The number of piperidine rings is 1. The van der Waals surface area contributed by atoms with Crippen LogP contribution in [0.5, 0.6) is 0 Å². The second-order valence-corrected chi connectivity index (χ2v) is 7.27. The van der Waals surface area contributed by atoms with Gasteiger partial charge in [-0.15, -0.1) is 0 Å². The maximum absolute atomic E-state index is 12.9. The topological polar surface area (TPSA) is 78.5 Å². The molecule has 1 heterocycles. The van der Waals surface area contributed by atoms with E-state index in [2.05, 4.69) is 10.6 Å². The highest BCUT2D eigenvalue weighted by Crippen LogP contribution is 2.28. The number of hydrogen-bond acceptors (Lipinski definition) is 3. The lowest BCUT2D eigenvalue weighted by Crippen LogP contribution is -2.49. The molecule has 1 saturated carbocycles. The highest BCUT2D eigenvalue weighted by Gasteiger charge is 2.34. The molecule has 2 fully saturated rings. The van der Waals surface area contributed by atoms with Crippen LogP contribution in [0, 0.1) is 11.7 Å². The molecule has 2 aliphatic rings. The van der Waals surface area contributed by atoms with Crippen molar-refractivity contribution >= 4 is 17.7 Å². The molecule has 2 N–H and O–H groups in total. The van der Waals surface area contributed by atoms with E-state index in [0.717, 1.165) is 25.7 Å². The van der Waals surface area contributed by atoms with Gasteiger partial charge in [-0.05, 0) is 43.5 Å². The van der Waals surface area contributed by atoms with Gasteiger partial charge in [0.15, 0.2) is 0 Å². The molecule has 7 heteroatoms. The molecule has 3 rings (SSSR count). The van der Waals surface area contributed by atoms with Crippen LogP contribution in [0.25, 0.3) is 0 Å². The number of rotatable bonds is 6. The lowest BCUT2D eigenvalue weighted by molar-refractivity contribution is -0.140. The summed E-state index contributed by atoms with van der Waals surface area (Å²) in [6, 6.07) is 5.59. The van der Waals surface area contributed by atoms with E-state index in [1.807, 2.05) is 4.90 Å². The van der Waals surface area contributed by atoms with Crippen LogP contribution in [0.3, 0.4) is 0 Å². The summed E-state index contributed by atoms with van der Waals surface area (Å²) in [6.45, 7) is 1.11. The van der Waals surface area contributed by atoms with E-state index in [0.29, 0.717) is 44.1 Å². The number of carbonyl (C=O) groups is 3. The van der Waals surface area contributed by atoms with Gasteiger partial charge in [0.25, 0.3) is 5.91 Å². The number of nitrogens with one attached hydrogen (secondary N) is 2. The summed E-state index contributed by atoms with van der Waals surface area (Å²) in [5.41, 5.74) is 0.376. The summed E-state index contributed by atoms with van der Waals surface area (Å²) in [5.74, 6) is -0.786. The number of benzene rings is 1. The number of nitrogens with zero attached hydrogens (tertiary/aromatic N) is 1. The van der Waals surface area contributed by atoms with Crippen molar-refractivity contribution in [2.45, 2.75) is 44.6 Å². The minimum atomic E-state index is -0.392. The van der Waals surface area contributed by atoms with Crippen molar-refractivity contribution in [2.75, 3.05) is 19.6 Å². The number of carbonyl (C=O) groups excluding carboxylic acids is 3. The molecule has 1 saturated heterocycles. The number of amides is 3. The highest BCUT2D eigenvalue weighted by atomic mass is 19.1. The third-order valence-electron chi connectivity index (χ3n) is 5.40. The van der Waals surface area contributed by atoms with E-state index in [1.165, 1.54) is 24.3 Å². The molecule has 0 bridgehead atoms. The summed E-state index contributed by atoms with van der Waals surface area (Å²) in [7, 11) is 0. The Morgan fingerprint density at radius 3 is 2.41 bits per heavy atom. The molecule has 1 aromatic rings. The van der Waals surface area contributed by atoms with Gasteiger partial charge in [-0.3, -0.25) is 14.4 Å². The first kappa shape index (κ1) is 19.3. The van der Waals surface area contributed by atoms with Gasteiger partial charge in [0.05, 0.1) is 5.92 Å². The monoisotopic (exact) mass is 375 g/mol. The summed E-state index contributed by atoms with van der Waals surface area (Å²) < 4.78 is 12.9. The van der Waals surface area contributed by atoms with Crippen LogP contribution in [0.1, 0.15) is 48.9 Å². The quantitative estimate of drug-likeness (QED) is 0.745. The average molecular weight is 375 g/mol. The standard InChI is InChI=1S/C20H26FN3O3/c21-16-8-5-14(6-9-16)19(26)22-11-12-23-20(27)15-7-10-18(25)24(13-15)17-3-1-2-4-17/h5-6,8-9,15,17H,1-4,7,10-13H2,(H,22,26)(H,23,27)/t15-/m1/s1. The lowest BCUT2D eigenvalue weighted by atomic mass is 9.95. The van der Waals surface area contributed by atoms with Gasteiger partial charge in [-0.25, -0.2) is 4.39 Å². The summed E-state index contributed by atoms with van der Waals surface area (Å²) in [4.78, 5) is 38.4. The first-order valence-corrected chi connectivity index (χ1v) is 9.65. The van der Waals surface area contributed by atoms with Crippen molar-refractivity contribution in [3.05, 3.63) is 35.6 Å². The highest BCUT2D eigenvalue weighted by molar-refractivity contribution is 5.94. The van der Waals surface area contributed by atoms with Gasteiger partial charge in [0.2, 0.25) is 11.8 Å². The zero-order chi connectivity index (χ0) is 19.2. The Labute approximate surface area is 158 Å². The van der Waals surface area contributed by atoms with E-state index >= 15 is 0 Å². The molecular formula is C20H26FN3O3. The van der Waals surface area contributed by atoms with Gasteiger partial charge in [-0.2, -0.15) is 0 Å².